The molecule has 1 heterocycles. The van der Waals surface area contributed by atoms with Crippen molar-refractivity contribution in [1.82, 2.24) is 14.5 Å². The first-order valence-corrected chi connectivity index (χ1v) is 7.32. The zero-order chi connectivity index (χ0) is 17.1. The summed E-state index contributed by atoms with van der Waals surface area (Å²) < 4.78 is 7.06. The predicted molar refractivity (Wildman–Crippen MR) is 81.5 cm³/mol. The van der Waals surface area contributed by atoms with Crippen LogP contribution in [0.4, 0.5) is 4.79 Å². The number of carbonyl (C=O) groups is 2. The van der Waals surface area contributed by atoms with Crippen LogP contribution in [0.25, 0.3) is 0 Å². The van der Waals surface area contributed by atoms with Gasteiger partial charge in [-0.2, -0.15) is 0 Å². The van der Waals surface area contributed by atoms with Crippen molar-refractivity contribution < 1.29 is 19.4 Å². The Hall–Kier alpha value is -2.05. The summed E-state index contributed by atoms with van der Waals surface area (Å²) >= 11 is 0. The molecule has 0 radical (unpaired) electrons. The van der Waals surface area contributed by atoms with Gasteiger partial charge in [-0.3, -0.25) is 4.90 Å². The fraction of sp³-hybridized carbons (Fsp3) is 0.667. The predicted octanol–water partition coefficient (Wildman–Crippen LogP) is 2.67. The number of aromatic nitrogens is 2. The molecule has 22 heavy (non-hydrogen) atoms. The summed E-state index contributed by atoms with van der Waals surface area (Å²) in [5, 5.41) is 9.64. The molecule has 0 saturated heterocycles. The molecule has 1 aromatic rings. The molecular weight excluding hydrogens is 286 g/mol. The maximum atomic E-state index is 12.5. The summed E-state index contributed by atoms with van der Waals surface area (Å²) in [7, 11) is 0. The lowest BCUT2D eigenvalue weighted by molar-refractivity contribution is -0.144. The molecule has 0 aliphatic carbocycles. The summed E-state index contributed by atoms with van der Waals surface area (Å²) in [6.07, 6.45) is 2.37. The van der Waals surface area contributed by atoms with E-state index in [0.717, 1.165) is 0 Å². The highest BCUT2D eigenvalue weighted by Gasteiger charge is 2.37. The van der Waals surface area contributed by atoms with Crippen molar-refractivity contribution in [3.8, 4) is 0 Å². The molecule has 1 rings (SSSR count). The van der Waals surface area contributed by atoms with Gasteiger partial charge in [0.25, 0.3) is 0 Å². The molecule has 0 aromatic carbocycles. The monoisotopic (exact) mass is 311 g/mol. The Morgan fingerprint density at radius 1 is 1.41 bits per heavy atom. The highest BCUT2D eigenvalue weighted by Crippen LogP contribution is 2.26. The largest absolute Gasteiger partial charge is 0.479 e. The highest BCUT2D eigenvalue weighted by atomic mass is 16.6. The van der Waals surface area contributed by atoms with Gasteiger partial charge in [-0.15, -0.1) is 0 Å². The number of nitrogens with zero attached hydrogens (tertiary/aromatic N) is 3. The van der Waals surface area contributed by atoms with E-state index in [2.05, 4.69) is 4.98 Å². The van der Waals surface area contributed by atoms with Crippen molar-refractivity contribution in [2.75, 3.05) is 0 Å². The Morgan fingerprint density at radius 2 is 2.00 bits per heavy atom. The van der Waals surface area contributed by atoms with Gasteiger partial charge >= 0.3 is 12.1 Å². The molecule has 0 aliphatic heterocycles. The molecule has 1 aromatic heterocycles. The smallest absolute Gasteiger partial charge is 0.411 e. The molecule has 0 fully saturated rings. The molecule has 124 valence electrons. The average Bonchev–Trinajstić information content (AvgIpc) is 2.79. The van der Waals surface area contributed by atoms with Gasteiger partial charge in [0, 0.05) is 12.6 Å². The second-order valence-electron chi connectivity index (χ2n) is 6.33. The molecule has 7 nitrogen and oxygen atoms in total. The fourth-order valence-corrected chi connectivity index (χ4v) is 2.14. The third-order valence-corrected chi connectivity index (χ3v) is 3.04. The molecule has 0 spiro atoms. The van der Waals surface area contributed by atoms with Crippen LogP contribution in [0, 0.1) is 0 Å². The number of aliphatic carboxylic acids is 1. The van der Waals surface area contributed by atoms with Gasteiger partial charge in [0.15, 0.2) is 6.04 Å². The lowest BCUT2D eigenvalue weighted by Crippen LogP contribution is -2.46. The SMILES string of the molecule is CCn1cncc1C(C(=O)O)N(C(=O)OC(C)(C)C)C(C)C. The normalized spacial score (nSPS) is 13.0. The van der Waals surface area contributed by atoms with E-state index in [4.69, 9.17) is 4.74 Å². The molecule has 1 N–H and O–H groups in total. The number of carbonyl (C=O) groups excluding carboxylic acids is 1. The van der Waals surface area contributed by atoms with E-state index in [0.29, 0.717) is 12.2 Å². The van der Waals surface area contributed by atoms with Crippen molar-refractivity contribution >= 4 is 12.1 Å². The van der Waals surface area contributed by atoms with E-state index in [1.165, 1.54) is 11.1 Å². The molecule has 1 atom stereocenters. The fourth-order valence-electron chi connectivity index (χ4n) is 2.14. The number of hydrogen-bond acceptors (Lipinski definition) is 4. The van der Waals surface area contributed by atoms with Gasteiger partial charge in [-0.1, -0.05) is 0 Å². The van der Waals surface area contributed by atoms with Crippen LogP contribution in [0.3, 0.4) is 0 Å². The molecule has 0 saturated carbocycles. The summed E-state index contributed by atoms with van der Waals surface area (Å²) in [6.45, 7) is 11.2. The minimum atomic E-state index is -1.14. The van der Waals surface area contributed by atoms with E-state index >= 15 is 0 Å². The van der Waals surface area contributed by atoms with E-state index < -0.39 is 23.7 Å². The van der Waals surface area contributed by atoms with E-state index in [1.807, 2.05) is 6.92 Å². The first-order valence-electron chi connectivity index (χ1n) is 7.32. The molecule has 0 bridgehead atoms. The van der Waals surface area contributed by atoms with Crippen LogP contribution in [0.15, 0.2) is 12.5 Å². The standard InChI is InChI=1S/C15H25N3O4/c1-7-17-9-16-8-11(17)12(13(19)20)18(10(2)3)14(21)22-15(4,5)6/h8-10,12H,7H2,1-6H3,(H,19,20). The summed E-state index contributed by atoms with van der Waals surface area (Å²) in [5.74, 6) is -1.12. The van der Waals surface area contributed by atoms with E-state index in [9.17, 15) is 14.7 Å². The number of carboxylic acids is 1. The second kappa shape index (κ2) is 6.81. The summed E-state index contributed by atoms with van der Waals surface area (Å²) in [5.41, 5.74) is -0.243. The zero-order valence-corrected chi connectivity index (χ0v) is 14.0. The Morgan fingerprint density at radius 3 is 2.41 bits per heavy atom. The Bertz CT molecular complexity index is 531. The average molecular weight is 311 g/mol. The van der Waals surface area contributed by atoms with Gasteiger partial charge < -0.3 is 14.4 Å². The highest BCUT2D eigenvalue weighted by molar-refractivity contribution is 5.81. The number of aryl methyl sites for hydroxylation is 1. The quantitative estimate of drug-likeness (QED) is 0.903. The number of hydrogen-bond donors (Lipinski definition) is 1. The van der Waals surface area contributed by atoms with Crippen LogP contribution < -0.4 is 0 Å². The van der Waals surface area contributed by atoms with Gasteiger partial charge in [-0.05, 0) is 41.5 Å². The number of carboxylic acid groups (broad SMARTS) is 1. The van der Waals surface area contributed by atoms with Crippen LogP contribution in [-0.4, -0.2) is 43.3 Å². The van der Waals surface area contributed by atoms with Crippen molar-refractivity contribution in [3.63, 3.8) is 0 Å². The third kappa shape index (κ3) is 4.22. The van der Waals surface area contributed by atoms with Gasteiger partial charge in [-0.25, -0.2) is 14.6 Å². The molecule has 7 heteroatoms. The van der Waals surface area contributed by atoms with Crippen molar-refractivity contribution in [1.29, 1.82) is 0 Å². The third-order valence-electron chi connectivity index (χ3n) is 3.04. The number of imidazole rings is 1. The Labute approximate surface area is 130 Å². The Balaban J connectivity index is 3.24. The van der Waals surface area contributed by atoms with Gasteiger partial charge in [0.05, 0.1) is 18.2 Å². The number of rotatable bonds is 5. The Kier molecular flexibility index (Phi) is 5.57. The number of amides is 1. The van der Waals surface area contributed by atoms with Crippen LogP contribution in [0.5, 0.6) is 0 Å². The van der Waals surface area contributed by atoms with E-state index in [-0.39, 0.29) is 6.04 Å². The molecule has 1 amide bonds. The molecular formula is C15H25N3O4. The maximum Gasteiger partial charge on any atom is 0.411 e. The minimum Gasteiger partial charge on any atom is -0.479 e. The first-order chi connectivity index (χ1) is 10.1. The number of ether oxygens (including phenoxy) is 1. The molecule has 1 unspecified atom stereocenters. The lowest BCUT2D eigenvalue weighted by Gasteiger charge is -2.34. The van der Waals surface area contributed by atoms with Crippen molar-refractivity contribution in [2.45, 2.75) is 65.8 Å². The summed E-state index contributed by atoms with van der Waals surface area (Å²) in [4.78, 5) is 29.5. The van der Waals surface area contributed by atoms with Crippen LogP contribution >= 0.6 is 0 Å². The summed E-state index contributed by atoms with van der Waals surface area (Å²) in [6, 6.07) is -1.48. The molecule has 0 aliphatic rings. The van der Waals surface area contributed by atoms with Gasteiger partial charge in [0.2, 0.25) is 0 Å². The van der Waals surface area contributed by atoms with Crippen molar-refractivity contribution in [3.05, 3.63) is 18.2 Å². The maximum absolute atomic E-state index is 12.5. The van der Waals surface area contributed by atoms with Crippen LogP contribution in [-0.2, 0) is 16.1 Å². The minimum absolute atomic E-state index is 0.337. The zero-order valence-electron chi connectivity index (χ0n) is 14.0. The second-order valence-corrected chi connectivity index (χ2v) is 6.33. The van der Waals surface area contributed by atoms with Crippen molar-refractivity contribution in [2.24, 2.45) is 0 Å². The van der Waals surface area contributed by atoms with E-state index in [1.54, 1.807) is 45.5 Å². The van der Waals surface area contributed by atoms with Crippen LogP contribution in [0.1, 0.15) is 53.3 Å². The topological polar surface area (TPSA) is 84.7 Å². The van der Waals surface area contributed by atoms with Crippen LogP contribution in [0.2, 0.25) is 0 Å². The van der Waals surface area contributed by atoms with Gasteiger partial charge in [0.1, 0.15) is 5.60 Å². The lowest BCUT2D eigenvalue weighted by atomic mass is 10.1. The first kappa shape index (κ1) is 18.0.